The predicted octanol–water partition coefficient (Wildman–Crippen LogP) is 3.74. The Kier molecular flexibility index (Phi) is 2.89. The highest BCUT2D eigenvalue weighted by atomic mass is 35.5. The summed E-state index contributed by atoms with van der Waals surface area (Å²) in [6.45, 7) is 2.78. The number of hydrogen-bond acceptors (Lipinski definition) is 3. The zero-order chi connectivity index (χ0) is 9.97. The molecule has 0 saturated carbocycles. The van der Waals surface area contributed by atoms with Crippen LogP contribution in [0.15, 0.2) is 18.2 Å². The molecule has 2 rings (SSSR count). The summed E-state index contributed by atoms with van der Waals surface area (Å²) in [4.78, 5) is 4.31. The van der Waals surface area contributed by atoms with Gasteiger partial charge in [0.05, 0.1) is 16.3 Å². The van der Waals surface area contributed by atoms with Crippen molar-refractivity contribution < 1.29 is 4.74 Å². The van der Waals surface area contributed by atoms with Gasteiger partial charge in [-0.2, -0.15) is 0 Å². The molecule has 2 aromatic rings. The van der Waals surface area contributed by atoms with E-state index in [0.717, 1.165) is 16.6 Å². The molecule has 1 aromatic carbocycles. The van der Waals surface area contributed by atoms with E-state index >= 15 is 0 Å². The molecule has 4 heteroatoms. The maximum Gasteiger partial charge on any atom is 0.274 e. The molecule has 74 valence electrons. The van der Waals surface area contributed by atoms with Gasteiger partial charge in [-0.3, -0.25) is 0 Å². The van der Waals surface area contributed by atoms with Gasteiger partial charge in [0.1, 0.15) is 5.52 Å². The molecule has 1 heterocycles. The molecule has 0 fully saturated rings. The fraction of sp³-hybridized carbons (Fsp3) is 0.300. The molecule has 14 heavy (non-hydrogen) atoms. The second-order valence-electron chi connectivity index (χ2n) is 2.91. The van der Waals surface area contributed by atoms with Crippen LogP contribution in [0.3, 0.4) is 0 Å². The molecule has 0 atom stereocenters. The fourth-order valence-corrected chi connectivity index (χ4v) is 2.28. The van der Waals surface area contributed by atoms with Gasteiger partial charge in [-0.15, -0.1) is 0 Å². The SMILES string of the molecule is CCCOc1nc2c(Cl)cccc2s1. The van der Waals surface area contributed by atoms with Crippen molar-refractivity contribution in [1.82, 2.24) is 4.98 Å². The average Bonchev–Trinajstić information content (AvgIpc) is 2.59. The van der Waals surface area contributed by atoms with Crippen molar-refractivity contribution in [3.05, 3.63) is 23.2 Å². The topological polar surface area (TPSA) is 22.1 Å². The summed E-state index contributed by atoms with van der Waals surface area (Å²) >= 11 is 7.53. The number of hydrogen-bond donors (Lipinski definition) is 0. The van der Waals surface area contributed by atoms with Crippen molar-refractivity contribution in [3.8, 4) is 5.19 Å². The number of halogens is 1. The van der Waals surface area contributed by atoms with Gasteiger partial charge in [-0.05, 0) is 18.6 Å². The van der Waals surface area contributed by atoms with E-state index in [2.05, 4.69) is 11.9 Å². The molecule has 0 unspecified atom stereocenters. The third-order valence-corrected chi connectivity index (χ3v) is 3.02. The molecule has 0 amide bonds. The van der Waals surface area contributed by atoms with Gasteiger partial charge in [0.25, 0.3) is 5.19 Å². The first-order valence-corrected chi connectivity index (χ1v) is 5.68. The Hall–Kier alpha value is -0.800. The average molecular weight is 228 g/mol. The molecule has 1 aromatic heterocycles. The van der Waals surface area contributed by atoms with Gasteiger partial charge in [0.15, 0.2) is 0 Å². The van der Waals surface area contributed by atoms with Crippen molar-refractivity contribution in [2.75, 3.05) is 6.61 Å². The molecule has 0 aliphatic rings. The molecule has 0 aliphatic heterocycles. The summed E-state index contributed by atoms with van der Waals surface area (Å²) in [5.74, 6) is 0. The molecule has 0 aliphatic carbocycles. The number of para-hydroxylation sites is 1. The minimum absolute atomic E-state index is 0.685. The quantitative estimate of drug-likeness (QED) is 0.797. The van der Waals surface area contributed by atoms with Crippen LogP contribution < -0.4 is 4.74 Å². The molecule has 0 spiro atoms. The summed E-state index contributed by atoms with van der Waals surface area (Å²) in [7, 11) is 0. The Balaban J connectivity index is 2.36. The number of nitrogens with zero attached hydrogens (tertiary/aromatic N) is 1. The van der Waals surface area contributed by atoms with Crippen LogP contribution in [0.25, 0.3) is 10.2 Å². The highest BCUT2D eigenvalue weighted by Gasteiger charge is 2.06. The molecule has 0 N–H and O–H groups in total. The van der Waals surface area contributed by atoms with Crippen LogP contribution in [0.5, 0.6) is 5.19 Å². The Morgan fingerprint density at radius 1 is 1.50 bits per heavy atom. The first-order valence-electron chi connectivity index (χ1n) is 4.49. The van der Waals surface area contributed by atoms with Crippen LogP contribution in [0, 0.1) is 0 Å². The Bertz CT molecular complexity index is 441. The second kappa shape index (κ2) is 4.15. The molecule has 0 bridgehead atoms. The number of aromatic nitrogens is 1. The molecule has 0 radical (unpaired) electrons. The van der Waals surface area contributed by atoms with Crippen LogP contribution >= 0.6 is 22.9 Å². The van der Waals surface area contributed by atoms with Crippen molar-refractivity contribution in [3.63, 3.8) is 0 Å². The van der Waals surface area contributed by atoms with Crippen molar-refractivity contribution in [2.45, 2.75) is 13.3 Å². The Morgan fingerprint density at radius 3 is 3.07 bits per heavy atom. The fourth-order valence-electron chi connectivity index (χ4n) is 1.15. The lowest BCUT2D eigenvalue weighted by molar-refractivity contribution is 0.316. The summed E-state index contributed by atoms with van der Waals surface area (Å²) in [6, 6.07) is 5.76. The maximum absolute atomic E-state index is 5.99. The van der Waals surface area contributed by atoms with Crippen molar-refractivity contribution >= 4 is 33.2 Å². The van der Waals surface area contributed by atoms with Gasteiger partial charge >= 0.3 is 0 Å². The van der Waals surface area contributed by atoms with Crippen LogP contribution in [-0.4, -0.2) is 11.6 Å². The van der Waals surface area contributed by atoms with Gasteiger partial charge in [0, 0.05) is 0 Å². The second-order valence-corrected chi connectivity index (χ2v) is 4.32. The van der Waals surface area contributed by atoms with Crippen molar-refractivity contribution in [2.24, 2.45) is 0 Å². The van der Waals surface area contributed by atoms with Crippen LogP contribution in [0.4, 0.5) is 0 Å². The van der Waals surface area contributed by atoms with Gasteiger partial charge < -0.3 is 4.74 Å². The number of benzene rings is 1. The van der Waals surface area contributed by atoms with Crippen LogP contribution in [0.2, 0.25) is 5.02 Å². The summed E-state index contributed by atoms with van der Waals surface area (Å²) in [5.41, 5.74) is 0.838. The van der Waals surface area contributed by atoms with Gasteiger partial charge in [-0.1, -0.05) is 35.9 Å². The van der Waals surface area contributed by atoms with Crippen molar-refractivity contribution in [1.29, 1.82) is 0 Å². The highest BCUT2D eigenvalue weighted by Crippen LogP contribution is 2.31. The van der Waals surface area contributed by atoms with Gasteiger partial charge in [0.2, 0.25) is 0 Å². The normalized spacial score (nSPS) is 10.7. The lowest BCUT2D eigenvalue weighted by Gasteiger charge is -1.96. The first-order chi connectivity index (χ1) is 6.81. The smallest absolute Gasteiger partial charge is 0.274 e. The minimum Gasteiger partial charge on any atom is -0.470 e. The van der Waals surface area contributed by atoms with E-state index in [1.54, 1.807) is 0 Å². The third-order valence-electron chi connectivity index (χ3n) is 1.78. The van der Waals surface area contributed by atoms with E-state index in [9.17, 15) is 0 Å². The van der Waals surface area contributed by atoms with E-state index in [4.69, 9.17) is 16.3 Å². The molecular weight excluding hydrogens is 218 g/mol. The highest BCUT2D eigenvalue weighted by molar-refractivity contribution is 7.20. The van der Waals surface area contributed by atoms with Crippen LogP contribution in [0.1, 0.15) is 13.3 Å². The zero-order valence-electron chi connectivity index (χ0n) is 7.79. The third kappa shape index (κ3) is 1.83. The number of thiazole rings is 1. The van der Waals surface area contributed by atoms with E-state index < -0.39 is 0 Å². The lowest BCUT2D eigenvalue weighted by Crippen LogP contribution is -1.93. The maximum atomic E-state index is 5.99. The summed E-state index contributed by atoms with van der Waals surface area (Å²) in [5, 5.41) is 1.39. The summed E-state index contributed by atoms with van der Waals surface area (Å²) in [6.07, 6.45) is 0.990. The predicted molar refractivity (Wildman–Crippen MR) is 60.4 cm³/mol. The van der Waals surface area contributed by atoms with E-state index in [-0.39, 0.29) is 0 Å². The lowest BCUT2D eigenvalue weighted by atomic mass is 10.3. The van der Waals surface area contributed by atoms with E-state index in [1.807, 2.05) is 18.2 Å². The molecule has 2 nitrogen and oxygen atoms in total. The largest absolute Gasteiger partial charge is 0.470 e. The van der Waals surface area contributed by atoms with Crippen LogP contribution in [-0.2, 0) is 0 Å². The number of fused-ring (bicyclic) bond motifs is 1. The molecule has 0 saturated heterocycles. The first kappa shape index (κ1) is 9.74. The van der Waals surface area contributed by atoms with E-state index in [1.165, 1.54) is 11.3 Å². The zero-order valence-corrected chi connectivity index (χ0v) is 9.36. The monoisotopic (exact) mass is 227 g/mol. The molecular formula is C10H10ClNOS. The number of rotatable bonds is 3. The summed E-state index contributed by atoms with van der Waals surface area (Å²) < 4.78 is 6.52. The number of ether oxygens (including phenoxy) is 1. The van der Waals surface area contributed by atoms with E-state index in [0.29, 0.717) is 16.8 Å². The standard InChI is InChI=1S/C10H10ClNOS/c1-2-6-13-10-12-9-7(11)4-3-5-8(9)14-10/h3-5H,2,6H2,1H3. The van der Waals surface area contributed by atoms with Gasteiger partial charge in [-0.25, -0.2) is 4.98 Å². The Labute approximate surface area is 91.5 Å². The Morgan fingerprint density at radius 2 is 2.36 bits per heavy atom. The minimum atomic E-state index is 0.685.